The minimum absolute atomic E-state index is 0.0167. The van der Waals surface area contributed by atoms with Crippen molar-refractivity contribution in [3.63, 3.8) is 0 Å². The largest absolute Gasteiger partial charge is 0.495 e. The Bertz CT molecular complexity index is 757. The second-order valence-electron chi connectivity index (χ2n) is 6.38. The number of methoxy groups -OCH3 is 2. The number of piperazine rings is 1. The van der Waals surface area contributed by atoms with E-state index >= 15 is 0 Å². The van der Waals surface area contributed by atoms with Crippen LogP contribution in [0.5, 0.6) is 11.5 Å². The summed E-state index contributed by atoms with van der Waals surface area (Å²) in [5.74, 6) is 1.15. The van der Waals surface area contributed by atoms with Gasteiger partial charge >= 0.3 is 0 Å². The molecule has 0 aliphatic carbocycles. The number of carbonyl (C=O) groups excluding carboxylic acids is 1. The smallest absolute Gasteiger partial charge is 0.254 e. The van der Waals surface area contributed by atoms with Gasteiger partial charge in [0, 0.05) is 25.2 Å². The van der Waals surface area contributed by atoms with E-state index in [1.807, 2.05) is 23.1 Å². The molecule has 0 N–H and O–H groups in total. The Balaban J connectivity index is 1.97. The first-order valence-electron chi connectivity index (χ1n) is 8.51. The maximum atomic E-state index is 13.3. The Hall–Kier alpha value is -2.05. The maximum Gasteiger partial charge on any atom is 0.254 e. The van der Waals surface area contributed by atoms with E-state index in [1.54, 1.807) is 26.4 Å². The lowest BCUT2D eigenvalue weighted by Gasteiger charge is -2.40. The van der Waals surface area contributed by atoms with Crippen LogP contribution in [0.25, 0.3) is 0 Å². The van der Waals surface area contributed by atoms with Crippen LogP contribution in [0, 0.1) is 0 Å². The second-order valence-corrected chi connectivity index (χ2v) is 7.18. The van der Waals surface area contributed by atoms with Crippen molar-refractivity contribution in [2.45, 2.75) is 6.04 Å². The number of rotatable bonds is 4. The topological polar surface area (TPSA) is 42.0 Å². The minimum Gasteiger partial charge on any atom is -0.495 e. The fourth-order valence-corrected chi connectivity index (χ4v) is 3.83. The number of nitrogens with zero attached hydrogens (tertiary/aromatic N) is 2. The van der Waals surface area contributed by atoms with Crippen LogP contribution < -0.4 is 9.47 Å². The highest BCUT2D eigenvalue weighted by atomic mass is 79.9. The molecule has 1 atom stereocenters. The lowest BCUT2D eigenvalue weighted by atomic mass is 10.0. The second kappa shape index (κ2) is 8.10. The number of hydrogen-bond acceptors (Lipinski definition) is 4. The average molecular weight is 419 g/mol. The van der Waals surface area contributed by atoms with Crippen molar-refractivity contribution in [3.05, 3.63) is 58.1 Å². The lowest BCUT2D eigenvalue weighted by molar-refractivity contribution is 0.0497. The molecule has 1 aliphatic rings. The molecule has 0 aromatic heterocycles. The predicted octanol–water partition coefficient (Wildman–Crippen LogP) is 3.60. The summed E-state index contributed by atoms with van der Waals surface area (Å²) < 4.78 is 11.5. The number of hydrogen-bond donors (Lipinski definition) is 0. The molecule has 3 rings (SSSR count). The molecule has 0 spiro atoms. The van der Waals surface area contributed by atoms with Gasteiger partial charge in [-0.25, -0.2) is 0 Å². The lowest BCUT2D eigenvalue weighted by Crippen LogP contribution is -2.49. The van der Waals surface area contributed by atoms with Crippen molar-refractivity contribution >= 4 is 21.8 Å². The van der Waals surface area contributed by atoms with Crippen LogP contribution in [-0.2, 0) is 0 Å². The molecular formula is C20H23BrN2O3. The number of carbonyl (C=O) groups is 1. The van der Waals surface area contributed by atoms with E-state index < -0.39 is 0 Å². The Labute approximate surface area is 162 Å². The van der Waals surface area contributed by atoms with Crippen molar-refractivity contribution < 1.29 is 14.3 Å². The summed E-state index contributed by atoms with van der Waals surface area (Å²) in [6.07, 6.45) is 0. The van der Waals surface area contributed by atoms with E-state index in [-0.39, 0.29) is 11.9 Å². The highest BCUT2D eigenvalue weighted by Gasteiger charge is 2.31. The van der Waals surface area contributed by atoms with E-state index in [0.717, 1.165) is 18.7 Å². The first-order chi connectivity index (χ1) is 12.5. The molecule has 6 heteroatoms. The number of amides is 1. The molecule has 1 amide bonds. The summed E-state index contributed by atoms with van der Waals surface area (Å²) in [5, 5.41) is 0. The van der Waals surface area contributed by atoms with Gasteiger partial charge in [0.05, 0.1) is 20.3 Å². The van der Waals surface area contributed by atoms with Crippen molar-refractivity contribution in [1.29, 1.82) is 0 Å². The molecule has 138 valence electrons. The van der Waals surface area contributed by atoms with E-state index in [2.05, 4.69) is 40.0 Å². The first-order valence-corrected chi connectivity index (χ1v) is 9.30. The third-order valence-electron chi connectivity index (χ3n) is 4.72. The van der Waals surface area contributed by atoms with Crippen molar-refractivity contribution in [2.24, 2.45) is 0 Å². The van der Waals surface area contributed by atoms with E-state index in [4.69, 9.17) is 9.47 Å². The minimum atomic E-state index is -0.0175. The predicted molar refractivity (Wildman–Crippen MR) is 105 cm³/mol. The Morgan fingerprint density at radius 1 is 1.08 bits per heavy atom. The Morgan fingerprint density at radius 2 is 1.69 bits per heavy atom. The third kappa shape index (κ3) is 3.71. The fraction of sp³-hybridized carbons (Fsp3) is 0.350. The summed E-state index contributed by atoms with van der Waals surface area (Å²) >= 11 is 3.46. The summed E-state index contributed by atoms with van der Waals surface area (Å²) in [7, 11) is 5.25. The van der Waals surface area contributed by atoms with Crippen LogP contribution in [0.3, 0.4) is 0 Å². The van der Waals surface area contributed by atoms with Gasteiger partial charge in [-0.1, -0.05) is 30.3 Å². The third-order valence-corrected chi connectivity index (χ3v) is 5.50. The molecule has 0 radical (unpaired) electrons. The quantitative estimate of drug-likeness (QED) is 0.760. The van der Waals surface area contributed by atoms with Crippen LogP contribution in [-0.4, -0.2) is 56.6 Å². The van der Waals surface area contributed by atoms with Gasteiger partial charge < -0.3 is 19.3 Å². The van der Waals surface area contributed by atoms with Gasteiger partial charge in [-0.15, -0.1) is 0 Å². The molecule has 0 bridgehead atoms. The Kier molecular flexibility index (Phi) is 5.84. The molecule has 0 unspecified atom stereocenters. The highest BCUT2D eigenvalue weighted by molar-refractivity contribution is 9.10. The van der Waals surface area contributed by atoms with E-state index in [0.29, 0.717) is 28.1 Å². The van der Waals surface area contributed by atoms with Crippen LogP contribution in [0.2, 0.25) is 0 Å². The normalized spacial score (nSPS) is 17.8. The number of likely N-dealkylation sites (N-methyl/N-ethyl adjacent to an activating group) is 1. The molecule has 5 nitrogen and oxygen atoms in total. The van der Waals surface area contributed by atoms with Crippen molar-refractivity contribution in [1.82, 2.24) is 9.80 Å². The highest BCUT2D eigenvalue weighted by Crippen LogP contribution is 2.37. The molecule has 1 aliphatic heterocycles. The first kappa shape index (κ1) is 18.7. The van der Waals surface area contributed by atoms with Crippen molar-refractivity contribution in [2.75, 3.05) is 40.9 Å². The van der Waals surface area contributed by atoms with Gasteiger partial charge in [0.15, 0.2) is 0 Å². The van der Waals surface area contributed by atoms with Gasteiger partial charge in [0.2, 0.25) is 0 Å². The Morgan fingerprint density at radius 3 is 2.27 bits per heavy atom. The van der Waals surface area contributed by atoms with Crippen LogP contribution in [0.1, 0.15) is 22.0 Å². The number of halogens is 1. The summed E-state index contributed by atoms with van der Waals surface area (Å²) in [4.78, 5) is 17.5. The van der Waals surface area contributed by atoms with Crippen LogP contribution in [0.15, 0.2) is 46.9 Å². The monoisotopic (exact) mass is 418 g/mol. The molecule has 26 heavy (non-hydrogen) atoms. The molecule has 1 fully saturated rings. The van der Waals surface area contributed by atoms with Gasteiger partial charge in [-0.3, -0.25) is 4.79 Å². The molecular weight excluding hydrogens is 396 g/mol. The molecule has 1 saturated heterocycles. The zero-order chi connectivity index (χ0) is 18.7. The number of ether oxygens (including phenoxy) is 2. The molecule has 2 aromatic carbocycles. The van der Waals surface area contributed by atoms with Crippen LogP contribution in [0.4, 0.5) is 0 Å². The standard InChI is InChI=1S/C20H23BrN2O3/c1-22-9-10-23(16(13-22)14-7-5-4-6-8-14)20(24)15-11-17(25-2)19(21)18(12-15)26-3/h4-8,11-12,16H,9-10,13H2,1-3H3/t16-/m0/s1. The molecule has 1 heterocycles. The van der Waals surface area contributed by atoms with Gasteiger partial charge in [0.25, 0.3) is 5.91 Å². The van der Waals surface area contributed by atoms with Gasteiger partial charge in [0.1, 0.15) is 16.0 Å². The van der Waals surface area contributed by atoms with Gasteiger partial charge in [-0.2, -0.15) is 0 Å². The fourth-order valence-electron chi connectivity index (χ4n) is 3.28. The summed E-state index contributed by atoms with van der Waals surface area (Å²) in [6, 6.07) is 13.7. The zero-order valence-corrected chi connectivity index (χ0v) is 16.8. The van der Waals surface area contributed by atoms with E-state index in [9.17, 15) is 4.79 Å². The van der Waals surface area contributed by atoms with E-state index in [1.165, 1.54) is 0 Å². The molecule has 2 aromatic rings. The number of benzene rings is 2. The molecule has 0 saturated carbocycles. The SMILES string of the molecule is COc1cc(C(=O)N2CCN(C)C[C@H]2c2ccccc2)cc(OC)c1Br. The van der Waals surface area contributed by atoms with Crippen LogP contribution >= 0.6 is 15.9 Å². The van der Waals surface area contributed by atoms with Crippen molar-refractivity contribution in [3.8, 4) is 11.5 Å². The average Bonchev–Trinajstić information content (AvgIpc) is 2.68. The summed E-state index contributed by atoms with van der Waals surface area (Å²) in [6.45, 7) is 2.33. The zero-order valence-electron chi connectivity index (χ0n) is 15.2. The van der Waals surface area contributed by atoms with Gasteiger partial charge in [-0.05, 0) is 40.7 Å². The maximum absolute atomic E-state index is 13.3. The summed E-state index contributed by atoms with van der Waals surface area (Å²) in [5.41, 5.74) is 1.70.